The molecule has 0 radical (unpaired) electrons. The maximum absolute atomic E-state index is 13.5. The molecule has 102 valence electrons. The van der Waals surface area contributed by atoms with E-state index >= 15 is 0 Å². The summed E-state index contributed by atoms with van der Waals surface area (Å²) in [6.07, 6.45) is 1.50. The highest BCUT2D eigenvalue weighted by Crippen LogP contribution is 2.26. The fraction of sp³-hybridized carbons (Fsp3) is 0.154. The van der Waals surface area contributed by atoms with Crippen molar-refractivity contribution in [3.05, 3.63) is 29.7 Å². The van der Waals surface area contributed by atoms with Crippen LogP contribution in [0.4, 0.5) is 10.1 Å². The minimum absolute atomic E-state index is 0.203. The van der Waals surface area contributed by atoms with E-state index in [1.54, 1.807) is 13.0 Å². The van der Waals surface area contributed by atoms with Crippen molar-refractivity contribution in [1.82, 2.24) is 20.2 Å². The van der Waals surface area contributed by atoms with Crippen LogP contribution in [0.5, 0.6) is 0 Å². The van der Waals surface area contributed by atoms with Gasteiger partial charge in [-0.3, -0.25) is 9.89 Å². The van der Waals surface area contributed by atoms with E-state index in [0.717, 1.165) is 5.52 Å². The number of nitrogens with one attached hydrogen (secondary N) is 3. The van der Waals surface area contributed by atoms with Crippen molar-refractivity contribution < 1.29 is 9.18 Å². The molecule has 3 aromatic rings. The van der Waals surface area contributed by atoms with Gasteiger partial charge in [-0.05, 0) is 18.6 Å². The molecule has 6 nitrogen and oxygen atoms in total. The van der Waals surface area contributed by atoms with Crippen LogP contribution < -0.4 is 5.32 Å². The number of imidazole rings is 1. The summed E-state index contributed by atoms with van der Waals surface area (Å²) in [5.41, 5.74) is 2.86. The zero-order valence-corrected chi connectivity index (χ0v) is 10.9. The number of carbonyl (C=O) groups excluding carboxylic acids is 1. The fourth-order valence-electron chi connectivity index (χ4n) is 2.01. The van der Waals surface area contributed by atoms with Crippen molar-refractivity contribution in [2.24, 2.45) is 0 Å². The van der Waals surface area contributed by atoms with Crippen LogP contribution in [0.2, 0.25) is 0 Å². The molecule has 0 spiro atoms. The fourth-order valence-corrected chi connectivity index (χ4v) is 2.01. The van der Waals surface area contributed by atoms with E-state index in [4.69, 9.17) is 0 Å². The number of amides is 1. The summed E-state index contributed by atoms with van der Waals surface area (Å²) in [5, 5.41) is 9.30. The van der Waals surface area contributed by atoms with E-state index < -0.39 is 0 Å². The van der Waals surface area contributed by atoms with Crippen LogP contribution in [0, 0.1) is 12.7 Å². The molecule has 1 aromatic carbocycles. The number of benzene rings is 1. The first kappa shape index (κ1) is 12.3. The van der Waals surface area contributed by atoms with Gasteiger partial charge in [0.1, 0.15) is 11.5 Å². The Morgan fingerprint density at radius 3 is 2.95 bits per heavy atom. The molecule has 0 aliphatic carbocycles. The summed E-state index contributed by atoms with van der Waals surface area (Å²) in [4.78, 5) is 18.5. The molecule has 0 fully saturated rings. The van der Waals surface area contributed by atoms with Crippen molar-refractivity contribution in [2.75, 3.05) is 5.32 Å². The van der Waals surface area contributed by atoms with E-state index in [9.17, 15) is 9.18 Å². The van der Waals surface area contributed by atoms with Gasteiger partial charge in [-0.25, -0.2) is 9.37 Å². The first-order valence-corrected chi connectivity index (χ1v) is 6.02. The van der Waals surface area contributed by atoms with Crippen LogP contribution >= 0.6 is 0 Å². The standard InChI is InChI=1S/C13H12FN5O/c1-6-3-9-10(4-8(6)14)18-13(17-9)12-11(5-15-19-12)16-7(2)20/h3-5H,1-2H3,(H,15,19)(H,16,20)(H,17,18). The van der Waals surface area contributed by atoms with Crippen molar-refractivity contribution in [3.8, 4) is 11.5 Å². The zero-order chi connectivity index (χ0) is 14.3. The Balaban J connectivity index is 2.11. The molecule has 2 aromatic heterocycles. The quantitative estimate of drug-likeness (QED) is 0.670. The Bertz CT molecular complexity index is 765. The number of carbonyl (C=O) groups is 1. The number of aromatic nitrogens is 4. The number of anilines is 1. The largest absolute Gasteiger partial charge is 0.337 e. The van der Waals surface area contributed by atoms with Gasteiger partial charge in [-0.2, -0.15) is 5.10 Å². The minimum Gasteiger partial charge on any atom is -0.337 e. The average molecular weight is 273 g/mol. The van der Waals surface area contributed by atoms with Crippen LogP contribution in [0.3, 0.4) is 0 Å². The monoisotopic (exact) mass is 273 g/mol. The van der Waals surface area contributed by atoms with E-state index in [-0.39, 0.29) is 11.7 Å². The number of hydrogen-bond donors (Lipinski definition) is 3. The molecule has 1 amide bonds. The summed E-state index contributed by atoms with van der Waals surface area (Å²) in [6.45, 7) is 3.10. The van der Waals surface area contributed by atoms with Gasteiger partial charge in [0, 0.05) is 13.0 Å². The van der Waals surface area contributed by atoms with Crippen molar-refractivity contribution in [2.45, 2.75) is 13.8 Å². The van der Waals surface area contributed by atoms with Gasteiger partial charge < -0.3 is 10.3 Å². The predicted octanol–water partition coefficient (Wildman–Crippen LogP) is 2.36. The van der Waals surface area contributed by atoms with Crippen molar-refractivity contribution in [3.63, 3.8) is 0 Å². The smallest absolute Gasteiger partial charge is 0.221 e. The van der Waals surface area contributed by atoms with Crippen molar-refractivity contribution in [1.29, 1.82) is 0 Å². The van der Waals surface area contributed by atoms with E-state index in [2.05, 4.69) is 25.5 Å². The number of aromatic amines is 2. The highest BCUT2D eigenvalue weighted by molar-refractivity contribution is 5.93. The molecule has 3 rings (SSSR count). The number of hydrogen-bond acceptors (Lipinski definition) is 3. The summed E-state index contributed by atoms with van der Waals surface area (Å²) >= 11 is 0. The molecule has 0 saturated heterocycles. The highest BCUT2D eigenvalue weighted by atomic mass is 19.1. The van der Waals surface area contributed by atoms with Crippen molar-refractivity contribution >= 4 is 22.6 Å². The molecule has 0 atom stereocenters. The number of aryl methyl sites for hydroxylation is 1. The van der Waals surface area contributed by atoms with Crippen LogP contribution in [0.1, 0.15) is 12.5 Å². The third kappa shape index (κ3) is 2.03. The molecular formula is C13H12FN5O. The molecule has 0 bridgehead atoms. The van der Waals surface area contributed by atoms with Crippen LogP contribution in [0.25, 0.3) is 22.6 Å². The molecule has 0 aliphatic rings. The molecule has 0 aliphatic heterocycles. The van der Waals surface area contributed by atoms with Gasteiger partial charge in [0.05, 0.1) is 22.9 Å². The Morgan fingerprint density at radius 1 is 1.40 bits per heavy atom. The van der Waals surface area contributed by atoms with Gasteiger partial charge in [0.25, 0.3) is 0 Å². The van der Waals surface area contributed by atoms with Gasteiger partial charge in [0.2, 0.25) is 5.91 Å². The maximum atomic E-state index is 13.5. The van der Waals surface area contributed by atoms with E-state index in [1.165, 1.54) is 19.2 Å². The highest BCUT2D eigenvalue weighted by Gasteiger charge is 2.14. The van der Waals surface area contributed by atoms with Gasteiger partial charge in [-0.1, -0.05) is 0 Å². The molecule has 0 saturated carbocycles. The first-order valence-electron chi connectivity index (χ1n) is 6.02. The van der Waals surface area contributed by atoms with E-state index in [1.807, 2.05) is 0 Å². The molecule has 3 N–H and O–H groups in total. The van der Waals surface area contributed by atoms with E-state index in [0.29, 0.717) is 28.3 Å². The molecule has 0 unspecified atom stereocenters. The average Bonchev–Trinajstić information content (AvgIpc) is 2.95. The molecule has 2 heterocycles. The second-order valence-electron chi connectivity index (χ2n) is 4.54. The predicted molar refractivity (Wildman–Crippen MR) is 72.7 cm³/mol. The number of fused-ring (bicyclic) bond motifs is 1. The minimum atomic E-state index is -0.303. The first-order chi connectivity index (χ1) is 9.54. The maximum Gasteiger partial charge on any atom is 0.221 e. The number of rotatable bonds is 2. The Labute approximate surface area is 113 Å². The Morgan fingerprint density at radius 2 is 2.20 bits per heavy atom. The number of nitrogens with zero attached hydrogens (tertiary/aromatic N) is 2. The lowest BCUT2D eigenvalue weighted by atomic mass is 10.2. The van der Waals surface area contributed by atoms with Crippen LogP contribution in [0.15, 0.2) is 18.3 Å². The lowest BCUT2D eigenvalue weighted by Gasteiger charge is -1.99. The van der Waals surface area contributed by atoms with Gasteiger partial charge >= 0.3 is 0 Å². The second-order valence-corrected chi connectivity index (χ2v) is 4.54. The summed E-state index contributed by atoms with van der Waals surface area (Å²) in [7, 11) is 0. The number of halogens is 1. The van der Waals surface area contributed by atoms with Crippen LogP contribution in [-0.2, 0) is 4.79 Å². The molecular weight excluding hydrogens is 261 g/mol. The SMILES string of the molecule is CC(=O)Nc1cn[nH]c1-c1nc2cc(F)c(C)cc2[nH]1. The summed E-state index contributed by atoms with van der Waals surface area (Å²) in [5.74, 6) is -0.0147. The molecule has 7 heteroatoms. The second kappa shape index (κ2) is 4.44. The lowest BCUT2D eigenvalue weighted by molar-refractivity contribution is -0.114. The topological polar surface area (TPSA) is 86.5 Å². The summed E-state index contributed by atoms with van der Waals surface area (Å²) < 4.78 is 13.5. The van der Waals surface area contributed by atoms with Gasteiger partial charge in [0.15, 0.2) is 5.82 Å². The van der Waals surface area contributed by atoms with Crippen LogP contribution in [-0.4, -0.2) is 26.1 Å². The number of H-pyrrole nitrogens is 2. The Kier molecular flexibility index (Phi) is 2.74. The molecule has 20 heavy (non-hydrogen) atoms. The normalized spacial score (nSPS) is 10.9. The summed E-state index contributed by atoms with van der Waals surface area (Å²) in [6, 6.07) is 3.06. The third-order valence-corrected chi connectivity index (χ3v) is 2.95. The third-order valence-electron chi connectivity index (χ3n) is 2.95. The zero-order valence-electron chi connectivity index (χ0n) is 10.9. The lowest BCUT2D eigenvalue weighted by Crippen LogP contribution is -2.06. The Hall–Kier alpha value is -2.70. The van der Waals surface area contributed by atoms with Gasteiger partial charge in [-0.15, -0.1) is 0 Å².